The van der Waals surface area contributed by atoms with Crippen molar-refractivity contribution in [2.75, 3.05) is 19.8 Å². The number of rotatable bonds is 12. The number of hydrogen-bond donors (Lipinski definition) is 3. The Morgan fingerprint density at radius 1 is 0.833 bits per heavy atom. The molecule has 0 aromatic carbocycles. The summed E-state index contributed by atoms with van der Waals surface area (Å²) < 4.78 is 5.19. The largest absolute Gasteiger partial charge is 0.460 e. The van der Waals surface area contributed by atoms with Gasteiger partial charge in [0.05, 0.1) is 0 Å². The van der Waals surface area contributed by atoms with Gasteiger partial charge in [-0.15, -0.1) is 0 Å². The van der Waals surface area contributed by atoms with Gasteiger partial charge in [0.15, 0.2) is 0 Å². The van der Waals surface area contributed by atoms with E-state index in [4.69, 9.17) is 20.7 Å². The molecule has 0 aromatic rings. The third kappa shape index (κ3) is 29.4. The van der Waals surface area contributed by atoms with E-state index in [0.29, 0.717) is 13.0 Å². The van der Waals surface area contributed by atoms with Crippen LogP contribution in [0.15, 0.2) is 0 Å². The van der Waals surface area contributed by atoms with Crippen molar-refractivity contribution in [2.24, 2.45) is 5.73 Å². The summed E-state index contributed by atoms with van der Waals surface area (Å²) in [4.78, 5) is 11.3. The van der Waals surface area contributed by atoms with Gasteiger partial charge >= 0.3 is 5.97 Å². The van der Waals surface area contributed by atoms with E-state index in [2.05, 4.69) is 0 Å². The molecule has 0 aromatic heterocycles. The smallest absolute Gasteiger partial charge is 0.306 e. The first kappa shape index (κ1) is 28.2. The molecule has 0 aliphatic heterocycles. The van der Waals surface area contributed by atoms with Crippen molar-refractivity contribution >= 4 is 5.97 Å². The molecule has 4 N–H and O–H groups in total. The fourth-order valence-electron chi connectivity index (χ4n) is 1.91. The number of ether oxygens (including phenoxy) is 1. The highest BCUT2D eigenvalue weighted by atomic mass is 16.6. The highest BCUT2D eigenvalue weighted by molar-refractivity contribution is 5.69. The minimum absolute atomic E-state index is 0. The Bertz CT molecular complexity index is 246. The van der Waals surface area contributed by atoms with Crippen molar-refractivity contribution in [2.45, 2.75) is 98.0 Å². The standard InChI is InChI=1S/C12H24O3.C6H15NO.CH4/c1-12(2,3)15-11(14)9-7-5-4-6-8-10-13;7-5-3-1-2-4-6-8;/h13H,4-10H2,1-3H3;8H,1-7H2;1H4. The highest BCUT2D eigenvalue weighted by Crippen LogP contribution is 2.11. The average molecular weight is 350 g/mol. The number of carbonyl (C=O) groups excluding carboxylic acids is 1. The summed E-state index contributed by atoms with van der Waals surface area (Å²) in [5, 5.41) is 16.9. The van der Waals surface area contributed by atoms with Crippen molar-refractivity contribution in [1.82, 2.24) is 0 Å². The minimum atomic E-state index is -0.367. The van der Waals surface area contributed by atoms with Crippen molar-refractivity contribution in [3.05, 3.63) is 0 Å². The average Bonchev–Trinajstić information content (AvgIpc) is 2.46. The van der Waals surface area contributed by atoms with E-state index in [1.54, 1.807) is 0 Å². The van der Waals surface area contributed by atoms with E-state index in [-0.39, 0.29) is 25.6 Å². The minimum Gasteiger partial charge on any atom is -0.460 e. The molecule has 5 nitrogen and oxygen atoms in total. The zero-order chi connectivity index (χ0) is 18.0. The molecular weight excluding hydrogens is 306 g/mol. The van der Waals surface area contributed by atoms with Crippen molar-refractivity contribution in [3.63, 3.8) is 0 Å². The van der Waals surface area contributed by atoms with Crippen LogP contribution in [0.25, 0.3) is 0 Å². The highest BCUT2D eigenvalue weighted by Gasteiger charge is 2.15. The lowest BCUT2D eigenvalue weighted by atomic mass is 10.1. The lowest BCUT2D eigenvalue weighted by Crippen LogP contribution is -2.23. The Balaban J connectivity index is -0.000000419. The lowest BCUT2D eigenvalue weighted by Gasteiger charge is -2.19. The molecule has 0 heterocycles. The van der Waals surface area contributed by atoms with Crippen LogP contribution in [0.3, 0.4) is 0 Å². The maximum Gasteiger partial charge on any atom is 0.306 e. The van der Waals surface area contributed by atoms with Gasteiger partial charge in [-0.2, -0.15) is 0 Å². The molecule has 0 rings (SSSR count). The molecular formula is C19H43NO4. The Morgan fingerprint density at radius 3 is 1.67 bits per heavy atom. The molecule has 0 fully saturated rings. The fraction of sp³-hybridized carbons (Fsp3) is 0.947. The second-order valence-electron chi connectivity index (χ2n) is 6.75. The topological polar surface area (TPSA) is 92.8 Å². The maximum absolute atomic E-state index is 11.3. The first-order chi connectivity index (χ1) is 10.9. The number of nitrogens with two attached hydrogens (primary N) is 1. The molecule has 0 unspecified atom stereocenters. The second kappa shape index (κ2) is 20.4. The number of aliphatic hydroxyl groups excluding tert-OH is 2. The van der Waals surface area contributed by atoms with Gasteiger partial charge < -0.3 is 20.7 Å². The number of esters is 1. The Hall–Kier alpha value is -0.650. The summed E-state index contributed by atoms with van der Waals surface area (Å²) in [6, 6.07) is 0. The zero-order valence-electron chi connectivity index (χ0n) is 15.5. The van der Waals surface area contributed by atoms with Gasteiger partial charge in [-0.05, 0) is 53.0 Å². The van der Waals surface area contributed by atoms with Crippen LogP contribution in [0.5, 0.6) is 0 Å². The molecule has 5 heteroatoms. The van der Waals surface area contributed by atoms with Crippen molar-refractivity contribution in [3.8, 4) is 0 Å². The van der Waals surface area contributed by atoms with Crippen LogP contribution in [0.4, 0.5) is 0 Å². The van der Waals surface area contributed by atoms with Gasteiger partial charge in [0, 0.05) is 19.6 Å². The van der Waals surface area contributed by atoms with Crippen LogP contribution in [-0.2, 0) is 9.53 Å². The monoisotopic (exact) mass is 349 g/mol. The van der Waals surface area contributed by atoms with Crippen molar-refractivity contribution < 1.29 is 19.7 Å². The van der Waals surface area contributed by atoms with E-state index < -0.39 is 0 Å². The number of carbonyl (C=O) groups is 1. The maximum atomic E-state index is 11.3. The van der Waals surface area contributed by atoms with Crippen LogP contribution in [0.1, 0.15) is 92.4 Å². The summed E-state index contributed by atoms with van der Waals surface area (Å²) in [5.74, 6) is -0.107. The molecule has 0 bridgehead atoms. The van der Waals surface area contributed by atoms with E-state index in [0.717, 1.165) is 64.3 Å². The lowest BCUT2D eigenvalue weighted by molar-refractivity contribution is -0.154. The molecule has 0 saturated heterocycles. The predicted molar refractivity (Wildman–Crippen MR) is 102 cm³/mol. The summed E-state index contributed by atoms with van der Waals surface area (Å²) in [5.41, 5.74) is 4.88. The number of aliphatic hydroxyl groups is 2. The van der Waals surface area contributed by atoms with E-state index in [1.165, 1.54) is 0 Å². The van der Waals surface area contributed by atoms with Crippen LogP contribution >= 0.6 is 0 Å². The van der Waals surface area contributed by atoms with Gasteiger partial charge in [0.25, 0.3) is 0 Å². The van der Waals surface area contributed by atoms with E-state index in [9.17, 15) is 4.79 Å². The summed E-state index contributed by atoms with van der Waals surface area (Å²) in [7, 11) is 0. The normalized spacial score (nSPS) is 10.4. The molecule has 0 aliphatic rings. The van der Waals surface area contributed by atoms with E-state index >= 15 is 0 Å². The van der Waals surface area contributed by atoms with Crippen LogP contribution in [-0.4, -0.2) is 41.5 Å². The van der Waals surface area contributed by atoms with Crippen LogP contribution < -0.4 is 5.73 Å². The quantitative estimate of drug-likeness (QED) is 0.368. The zero-order valence-corrected chi connectivity index (χ0v) is 15.5. The molecule has 0 atom stereocenters. The van der Waals surface area contributed by atoms with E-state index in [1.807, 2.05) is 20.8 Å². The predicted octanol–water partition coefficient (Wildman–Crippen LogP) is 3.79. The summed E-state index contributed by atoms with van der Waals surface area (Å²) >= 11 is 0. The molecule has 24 heavy (non-hydrogen) atoms. The third-order valence-corrected chi connectivity index (χ3v) is 3.07. The van der Waals surface area contributed by atoms with Gasteiger partial charge in [-0.1, -0.05) is 39.5 Å². The van der Waals surface area contributed by atoms with Crippen molar-refractivity contribution in [1.29, 1.82) is 0 Å². The molecule has 0 amide bonds. The first-order valence-corrected chi connectivity index (χ1v) is 9.01. The molecule has 0 aliphatic carbocycles. The number of hydrogen-bond acceptors (Lipinski definition) is 5. The fourth-order valence-corrected chi connectivity index (χ4v) is 1.91. The molecule has 0 spiro atoms. The molecule has 0 radical (unpaired) electrons. The Labute approximate surface area is 150 Å². The van der Waals surface area contributed by atoms with Gasteiger partial charge in [0.1, 0.15) is 5.60 Å². The summed E-state index contributed by atoms with van der Waals surface area (Å²) in [6.07, 6.45) is 9.75. The number of unbranched alkanes of at least 4 members (excludes halogenated alkanes) is 7. The van der Waals surface area contributed by atoms with Gasteiger partial charge in [-0.25, -0.2) is 0 Å². The van der Waals surface area contributed by atoms with Crippen LogP contribution in [0.2, 0.25) is 0 Å². The first-order valence-electron chi connectivity index (χ1n) is 9.01. The Morgan fingerprint density at radius 2 is 1.25 bits per heavy atom. The summed E-state index contributed by atoms with van der Waals surface area (Å²) in [6.45, 7) is 7.02. The SMILES string of the molecule is C.CC(C)(C)OC(=O)CCCCCCCO.NCCCCCCO. The Kier molecular flexibility index (Phi) is 23.9. The molecule has 148 valence electrons. The van der Waals surface area contributed by atoms with Crippen LogP contribution in [0, 0.1) is 0 Å². The molecule has 0 saturated carbocycles. The van der Waals surface area contributed by atoms with Gasteiger partial charge in [0.2, 0.25) is 0 Å². The second-order valence-corrected chi connectivity index (χ2v) is 6.75. The third-order valence-electron chi connectivity index (χ3n) is 3.07. The van der Waals surface area contributed by atoms with Gasteiger partial charge in [-0.3, -0.25) is 4.79 Å².